The molecule has 0 aliphatic carbocycles. The zero-order chi connectivity index (χ0) is 54.3. The molecule has 0 fully saturated rings. The van der Waals surface area contributed by atoms with Gasteiger partial charge in [0.15, 0.2) is 0 Å². The summed E-state index contributed by atoms with van der Waals surface area (Å²) in [7, 11) is 0. The predicted molar refractivity (Wildman–Crippen MR) is 329 cm³/mol. The summed E-state index contributed by atoms with van der Waals surface area (Å²) in [5.41, 5.74) is 0. The maximum atomic E-state index is 12.4. The van der Waals surface area contributed by atoms with Gasteiger partial charge in [-0.1, -0.05) is 367 Å². The topological polar surface area (TPSA) is 95.9 Å². The first kappa shape index (κ1) is 73.9. The Kier molecular flexibility index (Phi) is 64.4. The second kappa shape index (κ2) is 65.4. The van der Waals surface area contributed by atoms with Gasteiger partial charge in [0.05, 0.1) is 25.4 Å². The van der Waals surface area contributed by atoms with Crippen molar-refractivity contribution in [1.82, 2.24) is 5.32 Å². The number of amides is 1. The zero-order valence-electron chi connectivity index (χ0n) is 51.3. The van der Waals surface area contributed by atoms with Crippen LogP contribution < -0.4 is 5.32 Å². The number of esters is 1. The van der Waals surface area contributed by atoms with Gasteiger partial charge in [0.25, 0.3) is 0 Å². The number of carbonyl (C=O) groups is 2. The second-order valence-electron chi connectivity index (χ2n) is 24.2. The molecule has 0 bridgehead atoms. The van der Waals surface area contributed by atoms with Crippen LogP contribution in [0.25, 0.3) is 0 Å². The van der Waals surface area contributed by atoms with E-state index in [4.69, 9.17) is 4.74 Å². The lowest BCUT2D eigenvalue weighted by atomic mass is 10.0. The molecule has 0 spiro atoms. The van der Waals surface area contributed by atoms with E-state index in [1.54, 1.807) is 0 Å². The van der Waals surface area contributed by atoms with Crippen molar-refractivity contribution in [3.8, 4) is 0 Å². The summed E-state index contributed by atoms with van der Waals surface area (Å²) in [6, 6.07) is -0.535. The number of hydrogen-bond donors (Lipinski definition) is 3. The summed E-state index contributed by atoms with van der Waals surface area (Å²) >= 11 is 0. The zero-order valence-corrected chi connectivity index (χ0v) is 51.3. The van der Waals surface area contributed by atoms with Gasteiger partial charge in [-0.05, 0) is 25.7 Å². The fraction of sp³-hybridized carbons (Fsp3) is 0.971. The molecular formula is C69H137NO5. The van der Waals surface area contributed by atoms with Crippen molar-refractivity contribution in [3.05, 3.63) is 0 Å². The maximum absolute atomic E-state index is 12.4. The SMILES string of the molecule is CCCCCCCCCCCCCCCCCCCCCC(=O)OCCCCCCCCCCCCCCCCCCCCCCCCCCCCCCCCC(=O)NC(CO)C(O)CCCCCCCCCCC. The molecule has 0 aliphatic rings. The van der Waals surface area contributed by atoms with E-state index in [2.05, 4.69) is 19.2 Å². The van der Waals surface area contributed by atoms with E-state index >= 15 is 0 Å². The van der Waals surface area contributed by atoms with E-state index in [1.165, 1.54) is 334 Å². The minimum absolute atomic E-state index is 0.0259. The average molecular weight is 1060 g/mol. The Balaban J connectivity index is 3.27. The van der Waals surface area contributed by atoms with E-state index in [0.717, 1.165) is 38.5 Å². The third kappa shape index (κ3) is 61.9. The summed E-state index contributed by atoms with van der Waals surface area (Å²) in [5, 5.41) is 23.1. The van der Waals surface area contributed by atoms with Gasteiger partial charge in [-0.15, -0.1) is 0 Å². The minimum atomic E-state index is -0.658. The van der Waals surface area contributed by atoms with Crippen LogP contribution in [-0.2, 0) is 14.3 Å². The molecule has 0 heterocycles. The molecule has 0 aromatic rings. The van der Waals surface area contributed by atoms with Gasteiger partial charge in [0.1, 0.15) is 0 Å². The number of nitrogens with one attached hydrogen (secondary N) is 1. The first-order valence-electron chi connectivity index (χ1n) is 34.8. The van der Waals surface area contributed by atoms with E-state index in [9.17, 15) is 19.8 Å². The summed E-state index contributed by atoms with van der Waals surface area (Å²) < 4.78 is 5.52. The van der Waals surface area contributed by atoms with E-state index in [0.29, 0.717) is 25.9 Å². The van der Waals surface area contributed by atoms with Crippen LogP contribution in [0.1, 0.15) is 406 Å². The molecular weight excluding hydrogens is 923 g/mol. The molecule has 0 rings (SSSR count). The van der Waals surface area contributed by atoms with Gasteiger partial charge in [-0.3, -0.25) is 9.59 Å². The number of aliphatic hydroxyl groups is 2. The standard InChI is InChI=1S/C69H137NO5/c1-3-5-7-9-11-13-14-15-16-17-30-34-37-40-43-47-51-55-59-63-69(74)75-64-60-56-52-48-44-41-38-35-32-29-27-25-23-21-19-18-20-22-24-26-28-31-33-36-39-42-46-50-54-58-62-68(73)70-66(65-71)67(72)61-57-53-49-45-12-10-8-6-4-2/h66-67,71-72H,3-65H2,1-2H3,(H,70,73). The van der Waals surface area contributed by atoms with Crippen molar-refractivity contribution in [2.75, 3.05) is 13.2 Å². The molecule has 75 heavy (non-hydrogen) atoms. The third-order valence-electron chi connectivity index (χ3n) is 16.7. The molecule has 1 amide bonds. The molecule has 6 nitrogen and oxygen atoms in total. The second-order valence-corrected chi connectivity index (χ2v) is 24.2. The van der Waals surface area contributed by atoms with Crippen molar-refractivity contribution >= 4 is 11.9 Å². The summed E-state index contributed by atoms with van der Waals surface area (Å²) in [6.45, 7) is 4.98. The fourth-order valence-electron chi connectivity index (χ4n) is 11.4. The van der Waals surface area contributed by atoms with Gasteiger partial charge in [-0.2, -0.15) is 0 Å². The summed E-state index contributed by atoms with van der Waals surface area (Å²) in [5.74, 6) is -0.00514. The van der Waals surface area contributed by atoms with Crippen molar-refractivity contribution in [2.24, 2.45) is 0 Å². The highest BCUT2D eigenvalue weighted by atomic mass is 16.5. The van der Waals surface area contributed by atoms with Gasteiger partial charge >= 0.3 is 5.97 Å². The number of carbonyl (C=O) groups excluding carboxylic acids is 2. The first-order chi connectivity index (χ1) is 37.0. The Hall–Kier alpha value is -1.14. The normalized spacial score (nSPS) is 12.4. The molecule has 0 radical (unpaired) electrons. The third-order valence-corrected chi connectivity index (χ3v) is 16.7. The average Bonchev–Trinajstić information content (AvgIpc) is 3.41. The van der Waals surface area contributed by atoms with Crippen LogP contribution in [0.4, 0.5) is 0 Å². The predicted octanol–water partition coefficient (Wildman–Crippen LogP) is 22.2. The van der Waals surface area contributed by atoms with E-state index in [-0.39, 0.29) is 18.5 Å². The molecule has 2 unspecified atom stereocenters. The van der Waals surface area contributed by atoms with Crippen molar-refractivity contribution < 1.29 is 24.5 Å². The number of aliphatic hydroxyl groups excluding tert-OH is 2. The van der Waals surface area contributed by atoms with Crippen molar-refractivity contribution in [2.45, 2.75) is 418 Å². The van der Waals surface area contributed by atoms with Gasteiger partial charge < -0.3 is 20.3 Å². The Morgan fingerprint density at radius 2 is 0.547 bits per heavy atom. The molecule has 3 N–H and O–H groups in total. The Morgan fingerprint density at radius 1 is 0.320 bits per heavy atom. The highest BCUT2D eigenvalue weighted by Gasteiger charge is 2.20. The lowest BCUT2D eigenvalue weighted by molar-refractivity contribution is -0.143. The Labute approximate surface area is 470 Å². The van der Waals surface area contributed by atoms with E-state index < -0.39 is 12.1 Å². The van der Waals surface area contributed by atoms with Crippen LogP contribution in [0.15, 0.2) is 0 Å². The molecule has 0 aliphatic heterocycles. The molecule has 448 valence electrons. The Bertz CT molecular complexity index is 1080. The van der Waals surface area contributed by atoms with Gasteiger partial charge in [-0.25, -0.2) is 0 Å². The lowest BCUT2D eigenvalue weighted by Crippen LogP contribution is -2.45. The molecule has 0 aromatic carbocycles. The molecule has 0 saturated heterocycles. The van der Waals surface area contributed by atoms with Crippen LogP contribution in [0.5, 0.6) is 0 Å². The summed E-state index contributed by atoms with van der Waals surface area (Å²) in [4.78, 5) is 24.5. The smallest absolute Gasteiger partial charge is 0.305 e. The molecule has 2 atom stereocenters. The number of unbranched alkanes of at least 4 members (excludes halogenated alkanes) is 55. The highest BCUT2D eigenvalue weighted by Crippen LogP contribution is 2.19. The van der Waals surface area contributed by atoms with Crippen molar-refractivity contribution in [3.63, 3.8) is 0 Å². The maximum Gasteiger partial charge on any atom is 0.305 e. The van der Waals surface area contributed by atoms with Gasteiger partial charge in [0, 0.05) is 12.8 Å². The molecule has 0 aromatic heterocycles. The number of ether oxygens (including phenoxy) is 1. The number of rotatable bonds is 66. The number of hydrogen-bond acceptors (Lipinski definition) is 5. The highest BCUT2D eigenvalue weighted by molar-refractivity contribution is 5.76. The largest absolute Gasteiger partial charge is 0.466 e. The van der Waals surface area contributed by atoms with Crippen LogP contribution in [0, 0.1) is 0 Å². The molecule has 0 saturated carbocycles. The lowest BCUT2D eigenvalue weighted by Gasteiger charge is -2.22. The van der Waals surface area contributed by atoms with E-state index in [1.807, 2.05) is 0 Å². The quantitative estimate of drug-likeness (QED) is 0.0417. The van der Waals surface area contributed by atoms with Gasteiger partial charge in [0.2, 0.25) is 5.91 Å². The monoisotopic (exact) mass is 1060 g/mol. The Morgan fingerprint density at radius 3 is 0.813 bits per heavy atom. The summed E-state index contributed by atoms with van der Waals surface area (Å²) in [6.07, 6.45) is 78.9. The van der Waals surface area contributed by atoms with Crippen LogP contribution in [0.2, 0.25) is 0 Å². The van der Waals surface area contributed by atoms with Crippen LogP contribution in [0.3, 0.4) is 0 Å². The van der Waals surface area contributed by atoms with Crippen LogP contribution >= 0.6 is 0 Å². The van der Waals surface area contributed by atoms with Crippen molar-refractivity contribution in [1.29, 1.82) is 0 Å². The minimum Gasteiger partial charge on any atom is -0.466 e. The first-order valence-corrected chi connectivity index (χ1v) is 34.8. The fourth-order valence-corrected chi connectivity index (χ4v) is 11.4. The van der Waals surface area contributed by atoms with Crippen LogP contribution in [-0.4, -0.2) is 47.4 Å². The molecule has 6 heteroatoms.